The van der Waals surface area contributed by atoms with Gasteiger partial charge in [-0.15, -0.1) is 0 Å². The van der Waals surface area contributed by atoms with Crippen LogP contribution in [0.25, 0.3) is 0 Å². The van der Waals surface area contributed by atoms with Crippen molar-refractivity contribution in [2.45, 2.75) is 103 Å². The fraction of sp³-hybridized carbons (Fsp3) is 0.621. The quantitative estimate of drug-likeness (QED) is 0.189. The van der Waals surface area contributed by atoms with E-state index in [-0.39, 0.29) is 6.61 Å². The van der Waals surface area contributed by atoms with E-state index in [1.807, 2.05) is 6.07 Å². The Morgan fingerprint density at radius 2 is 1.33 bits per heavy atom. The van der Waals surface area contributed by atoms with E-state index in [0.717, 1.165) is 33.3 Å². The molecule has 1 aromatic carbocycles. The molecule has 0 spiro atoms. The number of amides is 1. The molecule has 250 valence electrons. The maximum absolute atomic E-state index is 12.3. The van der Waals surface area contributed by atoms with E-state index in [9.17, 15) is 34.2 Å². The maximum Gasteiger partial charge on any atom is 0.303 e. The fourth-order valence-corrected chi connectivity index (χ4v) is 4.97. The van der Waals surface area contributed by atoms with Crippen molar-refractivity contribution in [1.29, 1.82) is 0 Å². The number of esters is 4. The number of rotatable bonds is 12. The van der Waals surface area contributed by atoms with Gasteiger partial charge in [0.15, 0.2) is 30.9 Å². The summed E-state index contributed by atoms with van der Waals surface area (Å²) < 4.78 is 45.2. The Bertz CT molecular complexity index is 1180. The number of hydrogen-bond acceptors (Lipinski definition) is 15. The largest absolute Gasteiger partial charge is 0.463 e. The number of aliphatic hydroxyl groups is 2. The number of carbonyl (C=O) groups is 5. The molecule has 0 saturated carbocycles. The molecule has 2 aliphatic rings. The van der Waals surface area contributed by atoms with Crippen molar-refractivity contribution < 1.29 is 72.1 Å². The van der Waals surface area contributed by atoms with Crippen molar-refractivity contribution in [2.75, 3.05) is 13.2 Å². The van der Waals surface area contributed by atoms with Gasteiger partial charge in [0.05, 0.1) is 13.2 Å². The van der Waals surface area contributed by atoms with Gasteiger partial charge in [-0.1, -0.05) is 30.3 Å². The van der Waals surface area contributed by atoms with E-state index >= 15 is 0 Å². The first-order valence-electron chi connectivity index (χ1n) is 14.1. The summed E-state index contributed by atoms with van der Waals surface area (Å²) in [6.45, 7) is 4.38. The number of carbonyl (C=O) groups excluding carboxylic acids is 5. The highest BCUT2D eigenvalue weighted by Gasteiger charge is 2.56. The van der Waals surface area contributed by atoms with Gasteiger partial charge in [0, 0.05) is 34.6 Å². The SMILES string of the molecule is CC(=O)N[C@@H]1[C@@H](OCc2ccccc2)O[C@H](CO)[C@@H](O)[C@@H]1O[C@@H]1O[C@@H](COC(C)=O)[C@H](OC(C)=O)[C@H](OC(C)=O)[C@@H]1OC(C)=O. The van der Waals surface area contributed by atoms with Crippen LogP contribution in [0.4, 0.5) is 0 Å². The summed E-state index contributed by atoms with van der Waals surface area (Å²) in [5, 5.41) is 23.9. The van der Waals surface area contributed by atoms with Gasteiger partial charge in [-0.25, -0.2) is 0 Å². The second-order valence-electron chi connectivity index (χ2n) is 10.4. The lowest BCUT2D eigenvalue weighted by Gasteiger charge is -2.48. The third kappa shape index (κ3) is 10.2. The standard InChI is InChI=1S/C29H39NO15/c1-14(32)30-22-25(23(37)20(11-31)43-28(22)39-12-19-9-7-6-8-10-19)45-29-27(42-18(5)36)26(41-17(4)35)24(40-16(3)34)21(44-29)13-38-15(2)33/h6-10,20-29,31,37H,11-13H2,1-5H3,(H,30,32)/t20-,21+,22+,23-,24+,25-,26+,27+,28+,29+/m1/s1. The Labute approximate surface area is 259 Å². The molecule has 2 aliphatic heterocycles. The van der Waals surface area contributed by atoms with Gasteiger partial charge in [-0.05, 0) is 5.56 Å². The molecule has 3 N–H and O–H groups in total. The van der Waals surface area contributed by atoms with Gasteiger partial charge in [-0.3, -0.25) is 24.0 Å². The molecule has 2 fully saturated rings. The summed E-state index contributed by atoms with van der Waals surface area (Å²) in [6, 6.07) is 7.76. The Balaban J connectivity index is 2.03. The lowest BCUT2D eigenvalue weighted by atomic mass is 9.95. The van der Waals surface area contributed by atoms with Crippen molar-refractivity contribution in [3.8, 4) is 0 Å². The summed E-state index contributed by atoms with van der Waals surface area (Å²) in [5.74, 6) is -3.79. The van der Waals surface area contributed by atoms with E-state index in [4.69, 9.17) is 37.9 Å². The van der Waals surface area contributed by atoms with Gasteiger partial charge in [-0.2, -0.15) is 0 Å². The first-order valence-corrected chi connectivity index (χ1v) is 14.1. The van der Waals surface area contributed by atoms with E-state index in [1.54, 1.807) is 24.3 Å². The summed E-state index contributed by atoms with van der Waals surface area (Å²) >= 11 is 0. The normalized spacial score (nSPS) is 31.3. The molecule has 16 heteroatoms. The van der Waals surface area contributed by atoms with Gasteiger partial charge >= 0.3 is 23.9 Å². The summed E-state index contributed by atoms with van der Waals surface area (Å²) in [6.07, 6.45) is -13.2. The predicted molar refractivity (Wildman–Crippen MR) is 147 cm³/mol. The molecule has 2 saturated heterocycles. The summed E-state index contributed by atoms with van der Waals surface area (Å²) in [4.78, 5) is 60.3. The van der Waals surface area contributed by atoms with Gasteiger partial charge in [0.1, 0.15) is 37.1 Å². The van der Waals surface area contributed by atoms with Crippen molar-refractivity contribution >= 4 is 29.8 Å². The van der Waals surface area contributed by atoms with Gasteiger partial charge < -0.3 is 53.4 Å². The molecular weight excluding hydrogens is 602 g/mol. The molecule has 1 amide bonds. The summed E-state index contributed by atoms with van der Waals surface area (Å²) in [5.41, 5.74) is 0.756. The third-order valence-corrected chi connectivity index (χ3v) is 6.72. The zero-order valence-electron chi connectivity index (χ0n) is 25.5. The second kappa shape index (κ2) is 16.6. The predicted octanol–water partition coefficient (Wildman–Crippen LogP) is -0.746. The average Bonchev–Trinajstić information content (AvgIpc) is 2.96. The number of benzene rings is 1. The van der Waals surface area contributed by atoms with Crippen LogP contribution in [0.1, 0.15) is 40.2 Å². The van der Waals surface area contributed by atoms with Crippen molar-refractivity contribution in [2.24, 2.45) is 0 Å². The van der Waals surface area contributed by atoms with Gasteiger partial charge in [0.25, 0.3) is 0 Å². The van der Waals surface area contributed by atoms with Crippen LogP contribution in [0.3, 0.4) is 0 Å². The molecule has 1 aromatic rings. The molecule has 0 bridgehead atoms. The van der Waals surface area contributed by atoms with Gasteiger partial charge in [0.2, 0.25) is 5.91 Å². The molecule has 0 aromatic heterocycles. The molecule has 0 unspecified atom stereocenters. The number of nitrogens with one attached hydrogen (secondary N) is 1. The van der Waals surface area contributed by atoms with Crippen LogP contribution in [-0.2, 0) is 68.5 Å². The van der Waals surface area contributed by atoms with Crippen LogP contribution in [0.15, 0.2) is 30.3 Å². The topological polar surface area (TPSA) is 212 Å². The molecule has 16 nitrogen and oxygen atoms in total. The minimum Gasteiger partial charge on any atom is -0.463 e. The van der Waals surface area contributed by atoms with Crippen molar-refractivity contribution in [3.05, 3.63) is 35.9 Å². The van der Waals surface area contributed by atoms with E-state index < -0.39 is 104 Å². The number of ether oxygens (including phenoxy) is 8. The number of hydrogen-bond donors (Lipinski definition) is 3. The molecule has 10 atom stereocenters. The highest BCUT2D eigenvalue weighted by atomic mass is 16.7. The van der Waals surface area contributed by atoms with Crippen molar-refractivity contribution in [1.82, 2.24) is 5.32 Å². The molecule has 0 aliphatic carbocycles. The Hall–Kier alpha value is -3.67. The van der Waals surface area contributed by atoms with Crippen LogP contribution >= 0.6 is 0 Å². The molecular formula is C29H39NO15. The zero-order chi connectivity index (χ0) is 33.3. The fourth-order valence-electron chi connectivity index (χ4n) is 4.97. The first kappa shape index (κ1) is 35.8. The van der Waals surface area contributed by atoms with E-state index in [2.05, 4.69) is 5.32 Å². The molecule has 2 heterocycles. The smallest absolute Gasteiger partial charge is 0.303 e. The molecule has 45 heavy (non-hydrogen) atoms. The minimum atomic E-state index is -1.69. The first-order chi connectivity index (χ1) is 21.3. The van der Waals surface area contributed by atoms with Crippen LogP contribution in [0.5, 0.6) is 0 Å². The Kier molecular flexibility index (Phi) is 13.2. The maximum atomic E-state index is 12.3. The average molecular weight is 642 g/mol. The van der Waals surface area contributed by atoms with E-state index in [0.29, 0.717) is 0 Å². The second-order valence-corrected chi connectivity index (χ2v) is 10.4. The zero-order valence-corrected chi connectivity index (χ0v) is 25.5. The van der Waals surface area contributed by atoms with Crippen LogP contribution in [-0.4, -0.2) is 115 Å². The van der Waals surface area contributed by atoms with Crippen LogP contribution in [0, 0.1) is 0 Å². The molecule has 0 radical (unpaired) electrons. The van der Waals surface area contributed by atoms with Crippen LogP contribution < -0.4 is 5.32 Å². The highest BCUT2D eigenvalue weighted by molar-refractivity contribution is 5.73. The summed E-state index contributed by atoms with van der Waals surface area (Å²) in [7, 11) is 0. The third-order valence-electron chi connectivity index (χ3n) is 6.72. The lowest BCUT2D eigenvalue weighted by Crippen LogP contribution is -2.68. The minimum absolute atomic E-state index is 0.0155. The number of aliphatic hydroxyl groups excluding tert-OH is 2. The van der Waals surface area contributed by atoms with Crippen molar-refractivity contribution in [3.63, 3.8) is 0 Å². The van der Waals surface area contributed by atoms with Crippen LogP contribution in [0.2, 0.25) is 0 Å². The van der Waals surface area contributed by atoms with E-state index in [1.165, 1.54) is 6.92 Å². The molecule has 3 rings (SSSR count). The monoisotopic (exact) mass is 641 g/mol. The lowest BCUT2D eigenvalue weighted by molar-refractivity contribution is -0.347. The Morgan fingerprint density at radius 1 is 0.756 bits per heavy atom. The Morgan fingerprint density at radius 3 is 1.89 bits per heavy atom. The highest BCUT2D eigenvalue weighted by Crippen LogP contribution is 2.34.